The minimum Gasteiger partial charge on any atom is -0.393 e. The summed E-state index contributed by atoms with van der Waals surface area (Å²) in [6, 6.07) is 19.2. The minimum atomic E-state index is -4.61. The maximum atomic E-state index is 14.4. The van der Waals surface area contributed by atoms with Gasteiger partial charge in [0.15, 0.2) is 5.78 Å². The molecule has 6 aliphatic rings. The number of ketones is 1. The number of urea groups is 1. The molecule has 6 aliphatic carbocycles. The van der Waals surface area contributed by atoms with Crippen molar-refractivity contribution in [3.05, 3.63) is 112 Å². The van der Waals surface area contributed by atoms with Gasteiger partial charge in [-0.25, -0.2) is 4.79 Å². The monoisotopic (exact) mass is 770 g/mol. The zero-order chi connectivity index (χ0) is 40.0. The van der Waals surface area contributed by atoms with Crippen molar-refractivity contribution < 1.29 is 33.0 Å². The van der Waals surface area contributed by atoms with Crippen LogP contribution in [-0.2, 0) is 12.6 Å². The first kappa shape index (κ1) is 40.3. The fourth-order valence-corrected chi connectivity index (χ4v) is 10.9. The van der Waals surface area contributed by atoms with Gasteiger partial charge in [0.1, 0.15) is 0 Å². The number of carbonyl (C=O) groups excluding carboxylic acids is 2. The van der Waals surface area contributed by atoms with Crippen molar-refractivity contribution in [3.63, 3.8) is 0 Å². The summed E-state index contributed by atoms with van der Waals surface area (Å²) in [6.45, 7) is 9.46. The topological polar surface area (TPSA) is 89.9 Å². The summed E-state index contributed by atoms with van der Waals surface area (Å²) in [5.41, 5.74) is 0.614. The third-order valence-electron chi connectivity index (χ3n) is 14.6. The second-order valence-electron chi connectivity index (χ2n) is 18.2. The van der Waals surface area contributed by atoms with Crippen molar-refractivity contribution in [3.8, 4) is 0 Å². The van der Waals surface area contributed by atoms with E-state index in [4.69, 9.17) is 0 Å². The number of benzene rings is 3. The van der Waals surface area contributed by atoms with Gasteiger partial charge in [-0.2, -0.15) is 13.2 Å². The number of allylic oxidation sites excluding steroid dienone is 2. The van der Waals surface area contributed by atoms with Gasteiger partial charge in [-0.1, -0.05) is 74.9 Å². The van der Waals surface area contributed by atoms with Crippen LogP contribution in [0.25, 0.3) is 0 Å². The third-order valence-corrected chi connectivity index (χ3v) is 14.6. The van der Waals surface area contributed by atoms with Crippen molar-refractivity contribution in [2.75, 3.05) is 18.4 Å². The van der Waals surface area contributed by atoms with Crippen LogP contribution in [0, 0.1) is 28.6 Å². The fourth-order valence-electron chi connectivity index (χ4n) is 10.9. The number of para-hydroxylation sites is 1. The van der Waals surface area contributed by atoms with Crippen LogP contribution in [0.1, 0.15) is 124 Å². The van der Waals surface area contributed by atoms with Crippen LogP contribution in [0.4, 0.5) is 23.7 Å². The molecule has 3 N–H and O–H groups in total. The van der Waals surface area contributed by atoms with E-state index in [1.54, 1.807) is 6.07 Å². The first-order valence-electron chi connectivity index (χ1n) is 20.5. The van der Waals surface area contributed by atoms with Crippen LogP contribution in [-0.4, -0.2) is 51.7 Å². The summed E-state index contributed by atoms with van der Waals surface area (Å²) >= 11 is 0. The molecule has 6 nitrogen and oxygen atoms in total. The predicted molar refractivity (Wildman–Crippen MR) is 213 cm³/mol. The Labute approximate surface area is 329 Å². The Morgan fingerprint density at radius 3 is 2.41 bits per heavy atom. The second kappa shape index (κ2) is 15.4. The molecule has 7 unspecified atom stereocenters. The van der Waals surface area contributed by atoms with Crippen molar-refractivity contribution in [2.24, 2.45) is 28.6 Å². The molecule has 56 heavy (non-hydrogen) atoms. The Hall–Kier alpha value is -3.95. The lowest BCUT2D eigenvalue weighted by Gasteiger charge is -2.60. The Kier molecular flexibility index (Phi) is 11.1. The minimum absolute atomic E-state index is 0.0641. The number of anilines is 1. The number of rotatable bonds is 7. The molecule has 9 rings (SSSR count). The summed E-state index contributed by atoms with van der Waals surface area (Å²) < 4.78 is 41.5. The molecule has 0 heterocycles. The summed E-state index contributed by atoms with van der Waals surface area (Å²) in [5, 5.41) is 27.3. The molecule has 0 aliphatic heterocycles. The van der Waals surface area contributed by atoms with Crippen LogP contribution in [0.3, 0.4) is 0 Å². The zero-order valence-electron chi connectivity index (χ0n) is 33.2. The molecule has 4 fully saturated rings. The molecular formula is C47H57F3N2O4. The van der Waals surface area contributed by atoms with Gasteiger partial charge in [-0.15, -0.1) is 0 Å². The van der Waals surface area contributed by atoms with E-state index >= 15 is 0 Å². The van der Waals surface area contributed by atoms with Crippen molar-refractivity contribution in [2.45, 2.75) is 116 Å². The van der Waals surface area contributed by atoms with E-state index in [2.05, 4.69) is 39.1 Å². The first-order valence-corrected chi connectivity index (χ1v) is 20.5. The highest BCUT2D eigenvalue weighted by atomic mass is 19.4. The third kappa shape index (κ3) is 7.83. The molecular weight excluding hydrogens is 714 g/mol. The number of aliphatic hydroxyl groups excluding tert-OH is 1. The van der Waals surface area contributed by atoms with Crippen LogP contribution >= 0.6 is 0 Å². The van der Waals surface area contributed by atoms with Crippen molar-refractivity contribution in [1.82, 2.24) is 4.90 Å². The molecule has 0 aromatic heterocycles. The van der Waals surface area contributed by atoms with Gasteiger partial charge >= 0.3 is 12.2 Å². The molecule has 0 saturated heterocycles. The molecule has 9 heteroatoms. The van der Waals surface area contributed by atoms with Crippen LogP contribution in [0.5, 0.6) is 0 Å². The fraction of sp³-hybridized carbons (Fsp3) is 0.532. The summed E-state index contributed by atoms with van der Waals surface area (Å²) in [7, 11) is 0. The number of fused-ring (bicyclic) bond motifs is 10. The lowest BCUT2D eigenvalue weighted by Crippen LogP contribution is -2.58. The molecule has 3 aromatic rings. The largest absolute Gasteiger partial charge is 0.416 e. The Morgan fingerprint density at radius 2 is 1.70 bits per heavy atom. The molecule has 0 spiro atoms. The summed E-state index contributed by atoms with van der Waals surface area (Å²) in [6.07, 6.45) is 3.86. The van der Waals surface area contributed by atoms with Crippen molar-refractivity contribution >= 4 is 17.5 Å². The Morgan fingerprint density at radius 1 is 0.929 bits per heavy atom. The summed E-state index contributed by atoms with van der Waals surface area (Å²) in [4.78, 5) is 30.6. The molecule has 4 saturated carbocycles. The predicted octanol–water partition coefficient (Wildman–Crippen LogP) is 10.6. The van der Waals surface area contributed by atoms with Gasteiger partial charge in [0.05, 0.1) is 23.8 Å². The van der Waals surface area contributed by atoms with Gasteiger partial charge in [0, 0.05) is 28.8 Å². The number of carbonyl (C=O) groups is 2. The highest BCUT2D eigenvalue weighted by Gasteiger charge is 2.59. The number of hydrogen-bond acceptors (Lipinski definition) is 4. The number of nitrogens with zero attached hydrogens (tertiary/aromatic N) is 1. The van der Waals surface area contributed by atoms with Crippen LogP contribution < -0.4 is 5.32 Å². The lowest BCUT2D eigenvalue weighted by molar-refractivity contribution is -0.137. The van der Waals surface area contributed by atoms with E-state index in [9.17, 15) is 33.0 Å². The highest BCUT2D eigenvalue weighted by Crippen LogP contribution is 2.62. The van der Waals surface area contributed by atoms with E-state index in [-0.39, 0.29) is 29.5 Å². The number of halogens is 3. The maximum Gasteiger partial charge on any atom is 0.416 e. The second-order valence-corrected chi connectivity index (χ2v) is 18.2. The highest BCUT2D eigenvalue weighted by molar-refractivity contribution is 6.10. The van der Waals surface area contributed by atoms with Crippen LogP contribution in [0.15, 0.2) is 84.4 Å². The van der Waals surface area contributed by atoms with Gasteiger partial charge in [-0.3, -0.25) is 4.79 Å². The van der Waals surface area contributed by atoms with Crippen LogP contribution in [0.2, 0.25) is 0 Å². The average molecular weight is 771 g/mol. The van der Waals surface area contributed by atoms with Gasteiger partial charge < -0.3 is 20.4 Å². The number of aliphatic hydroxyl groups is 2. The molecule has 4 bridgehead atoms. The number of nitrogens with one attached hydrogen (secondary N) is 1. The normalized spacial score (nSPS) is 30.0. The molecule has 7 atom stereocenters. The Bertz CT molecular complexity index is 1960. The molecule has 0 radical (unpaired) electrons. The van der Waals surface area contributed by atoms with Gasteiger partial charge in [0.2, 0.25) is 0 Å². The molecule has 2 amide bonds. The number of hydrogen-bond donors (Lipinski definition) is 3. The SMILES string of the molecule is CC1=CCCC2(C)C(CCC2(O)CN(CC2CCC3CC2C3(C)C)C(=O)Nc2ccccc2)c2ccc(cc2C(=O)c2cccc(C(F)(F)F)c2)CC(O)CC1. The van der Waals surface area contributed by atoms with Gasteiger partial charge in [-0.05, 0) is 142 Å². The molecule has 300 valence electrons. The summed E-state index contributed by atoms with van der Waals surface area (Å²) in [5.74, 6) is 0.648. The van der Waals surface area contributed by atoms with E-state index in [1.165, 1.54) is 12.1 Å². The van der Waals surface area contributed by atoms with E-state index in [1.807, 2.05) is 47.4 Å². The van der Waals surface area contributed by atoms with E-state index in [0.717, 1.165) is 42.5 Å². The molecule has 3 aromatic carbocycles. The number of alkyl halides is 3. The number of amides is 2. The zero-order valence-corrected chi connectivity index (χ0v) is 33.2. The van der Waals surface area contributed by atoms with Gasteiger partial charge in [0.25, 0.3) is 0 Å². The van der Waals surface area contributed by atoms with Crippen molar-refractivity contribution in [1.29, 1.82) is 0 Å². The maximum absolute atomic E-state index is 14.4. The average Bonchev–Trinajstić information content (AvgIpc) is 3.41. The quantitative estimate of drug-likeness (QED) is 0.165. The lowest BCUT2D eigenvalue weighted by atomic mass is 9.45. The standard InChI is InChI=1S/C47H57F3N2O4/c1-30-10-9-22-45(4)40(38-20-16-31(24-37(53)19-15-30)25-39(38)42(54)32-11-8-12-35(26-32)47(48,49)50)21-23-46(45,56)29-52(43(55)51-36-13-6-5-7-14-36)28-33-17-18-34-27-41(33)44(34,2)3/h5-8,10-14,16,20,25-26,33-34,37,40-41,53,56H,9,15,17-19,21-24,27-29H2,1-4H3,(H,51,55). The Balaban J connectivity index is 1.28. The van der Waals surface area contributed by atoms with E-state index < -0.39 is 34.6 Å². The smallest absolute Gasteiger partial charge is 0.393 e. The first-order chi connectivity index (χ1) is 26.5. The van der Waals surface area contributed by atoms with E-state index in [0.29, 0.717) is 86.1 Å².